The zero-order valence-electron chi connectivity index (χ0n) is 9.58. The number of halogens is 1. The molecule has 0 radical (unpaired) electrons. The molecule has 92 valence electrons. The highest BCUT2D eigenvalue weighted by Crippen LogP contribution is 2.31. The Morgan fingerprint density at radius 2 is 2.06 bits per heavy atom. The average Bonchev–Trinajstić information content (AvgIpc) is 2.80. The van der Waals surface area contributed by atoms with E-state index in [1.807, 2.05) is 0 Å². The van der Waals surface area contributed by atoms with E-state index in [0.717, 1.165) is 0 Å². The molecule has 5 nitrogen and oxygen atoms in total. The number of amides is 1. The number of alkyl halides is 1. The van der Waals surface area contributed by atoms with Gasteiger partial charge >= 0.3 is 12.1 Å². The minimum atomic E-state index is -0.537. The summed E-state index contributed by atoms with van der Waals surface area (Å²) < 4.78 is 9.66. The van der Waals surface area contributed by atoms with Crippen LogP contribution < -0.4 is 5.32 Å². The fourth-order valence-electron chi connectivity index (χ4n) is 1.23. The molecule has 0 bridgehead atoms. The first-order chi connectivity index (χ1) is 7.33. The van der Waals surface area contributed by atoms with Crippen LogP contribution in [0.2, 0.25) is 0 Å². The number of esters is 1. The van der Waals surface area contributed by atoms with E-state index in [1.54, 1.807) is 20.8 Å². The van der Waals surface area contributed by atoms with Gasteiger partial charge in [0.05, 0.1) is 5.92 Å². The number of hydrogen-bond donors (Lipinski definition) is 1. The molecule has 0 aliphatic heterocycles. The van der Waals surface area contributed by atoms with Crippen LogP contribution in [-0.4, -0.2) is 29.8 Å². The summed E-state index contributed by atoms with van der Waals surface area (Å²) >= 11 is 5.25. The zero-order chi connectivity index (χ0) is 12.3. The first-order valence-corrected chi connectivity index (χ1v) is 5.59. The van der Waals surface area contributed by atoms with Gasteiger partial charge in [-0.3, -0.25) is 4.79 Å². The van der Waals surface area contributed by atoms with Crippen molar-refractivity contribution in [3.63, 3.8) is 0 Å². The van der Waals surface area contributed by atoms with Gasteiger partial charge in [-0.15, -0.1) is 0 Å². The predicted molar refractivity (Wildman–Crippen MR) is 58.1 cm³/mol. The van der Waals surface area contributed by atoms with Gasteiger partial charge in [-0.05, 0) is 27.2 Å². The topological polar surface area (TPSA) is 64.6 Å². The number of carbonyl (C=O) groups is 2. The average molecular weight is 250 g/mol. The smallest absolute Gasteiger partial charge is 0.407 e. The van der Waals surface area contributed by atoms with Crippen LogP contribution in [-0.2, 0) is 14.3 Å². The Hall–Kier alpha value is -0.970. The standard InChI is InChI=1S/C10H16ClNO4/c1-10(2,3)16-9(14)12-7-4-6(7)8(13)15-5-11/h6-7H,4-5H2,1-3H3,(H,12,14)/t6-,7-/m0/s1. The second kappa shape index (κ2) is 4.91. The Morgan fingerprint density at radius 3 is 2.56 bits per heavy atom. The van der Waals surface area contributed by atoms with Gasteiger partial charge in [0, 0.05) is 6.04 Å². The van der Waals surface area contributed by atoms with Crippen LogP contribution in [0.15, 0.2) is 0 Å². The molecule has 0 aromatic carbocycles. The van der Waals surface area contributed by atoms with Crippen LogP contribution in [0.1, 0.15) is 27.2 Å². The highest BCUT2D eigenvalue weighted by Gasteiger charge is 2.46. The van der Waals surface area contributed by atoms with Crippen molar-refractivity contribution in [3.8, 4) is 0 Å². The Kier molecular flexibility index (Phi) is 4.02. The molecule has 1 fully saturated rings. The molecule has 0 heterocycles. The van der Waals surface area contributed by atoms with E-state index in [0.29, 0.717) is 6.42 Å². The third kappa shape index (κ3) is 4.26. The van der Waals surface area contributed by atoms with Gasteiger partial charge in [0.25, 0.3) is 0 Å². The molecule has 0 unspecified atom stereocenters. The highest BCUT2D eigenvalue weighted by molar-refractivity contribution is 6.17. The van der Waals surface area contributed by atoms with Crippen molar-refractivity contribution < 1.29 is 19.1 Å². The molecule has 6 heteroatoms. The van der Waals surface area contributed by atoms with Crippen LogP contribution in [0, 0.1) is 5.92 Å². The lowest BCUT2D eigenvalue weighted by Crippen LogP contribution is -2.35. The van der Waals surface area contributed by atoms with Crippen LogP contribution in [0.4, 0.5) is 4.79 Å². The molecule has 2 atom stereocenters. The summed E-state index contributed by atoms with van der Waals surface area (Å²) in [6.45, 7) is 5.33. The molecule has 0 aromatic heterocycles. The van der Waals surface area contributed by atoms with Crippen LogP contribution in [0.25, 0.3) is 0 Å². The number of rotatable bonds is 3. The van der Waals surface area contributed by atoms with Gasteiger partial charge in [-0.2, -0.15) is 0 Å². The summed E-state index contributed by atoms with van der Waals surface area (Å²) in [7, 11) is 0. The van der Waals surface area contributed by atoms with Gasteiger partial charge in [-0.25, -0.2) is 4.79 Å². The van der Waals surface area contributed by atoms with E-state index in [4.69, 9.17) is 16.3 Å². The Bertz CT molecular complexity index is 287. The number of carbonyl (C=O) groups excluding carboxylic acids is 2. The van der Waals surface area contributed by atoms with Crippen LogP contribution >= 0.6 is 11.6 Å². The van der Waals surface area contributed by atoms with Crippen molar-refractivity contribution in [3.05, 3.63) is 0 Å². The van der Waals surface area contributed by atoms with Gasteiger partial charge in [0.1, 0.15) is 5.60 Å². The first-order valence-electron chi connectivity index (χ1n) is 5.05. The molecule has 0 saturated heterocycles. The number of nitrogens with one attached hydrogen (secondary N) is 1. The van der Waals surface area contributed by atoms with E-state index < -0.39 is 11.7 Å². The minimum Gasteiger partial charge on any atom is -0.449 e. The molecule has 1 N–H and O–H groups in total. The minimum absolute atomic E-state index is 0.158. The summed E-state index contributed by atoms with van der Waals surface area (Å²) in [6.07, 6.45) is 0.0632. The first kappa shape index (κ1) is 13.1. The number of alkyl carbamates (subject to hydrolysis) is 1. The summed E-state index contributed by atoms with van der Waals surface area (Å²) in [4.78, 5) is 22.5. The Balaban J connectivity index is 2.26. The predicted octanol–water partition coefficient (Wildman–Crippen LogP) is 1.64. The van der Waals surface area contributed by atoms with E-state index >= 15 is 0 Å². The van der Waals surface area contributed by atoms with Gasteiger partial charge in [-0.1, -0.05) is 11.6 Å². The van der Waals surface area contributed by atoms with Crippen LogP contribution in [0.3, 0.4) is 0 Å². The fourth-order valence-corrected chi connectivity index (χ4v) is 1.34. The fraction of sp³-hybridized carbons (Fsp3) is 0.800. The second-order valence-electron chi connectivity index (χ2n) is 4.67. The molecule has 1 saturated carbocycles. The number of ether oxygens (including phenoxy) is 2. The van der Waals surface area contributed by atoms with E-state index in [-0.39, 0.29) is 24.0 Å². The summed E-state index contributed by atoms with van der Waals surface area (Å²) in [5, 5.41) is 2.59. The lowest BCUT2D eigenvalue weighted by Gasteiger charge is -2.19. The number of hydrogen-bond acceptors (Lipinski definition) is 4. The largest absolute Gasteiger partial charge is 0.449 e. The summed E-state index contributed by atoms with van der Waals surface area (Å²) in [6, 6.07) is -0.348. The maximum atomic E-state index is 11.3. The van der Waals surface area contributed by atoms with Crippen molar-refractivity contribution in [2.24, 2.45) is 5.92 Å². The van der Waals surface area contributed by atoms with E-state index in [9.17, 15) is 9.59 Å². The third-order valence-electron chi connectivity index (χ3n) is 1.99. The molecule has 16 heavy (non-hydrogen) atoms. The van der Waals surface area contributed by atoms with Crippen LogP contribution in [0.5, 0.6) is 0 Å². The SMILES string of the molecule is CC(C)(C)OC(=O)N[C@H]1C[C@@H]1C(=O)OCCl. The normalized spacial score (nSPS) is 23.5. The molecular formula is C10H16ClNO4. The summed E-state index contributed by atoms with van der Waals surface area (Å²) in [5.74, 6) is -0.665. The van der Waals surface area contributed by atoms with Crippen molar-refractivity contribution >= 4 is 23.7 Å². The molecule has 0 spiro atoms. The van der Waals surface area contributed by atoms with Crippen molar-refractivity contribution in [1.82, 2.24) is 5.32 Å². The quantitative estimate of drug-likeness (QED) is 0.610. The lowest BCUT2D eigenvalue weighted by molar-refractivity contribution is -0.143. The molecule has 1 amide bonds. The third-order valence-corrected chi connectivity index (χ3v) is 2.10. The van der Waals surface area contributed by atoms with Gasteiger partial charge < -0.3 is 14.8 Å². The monoisotopic (exact) mass is 249 g/mol. The highest BCUT2D eigenvalue weighted by atomic mass is 35.5. The molecular weight excluding hydrogens is 234 g/mol. The second-order valence-corrected chi connectivity index (χ2v) is 4.89. The van der Waals surface area contributed by atoms with Crippen molar-refractivity contribution in [2.75, 3.05) is 6.07 Å². The van der Waals surface area contributed by atoms with E-state index in [2.05, 4.69) is 10.1 Å². The lowest BCUT2D eigenvalue weighted by atomic mass is 10.2. The maximum absolute atomic E-state index is 11.3. The molecule has 0 aromatic rings. The van der Waals surface area contributed by atoms with E-state index in [1.165, 1.54) is 0 Å². The Morgan fingerprint density at radius 1 is 1.44 bits per heavy atom. The molecule has 1 aliphatic carbocycles. The summed E-state index contributed by atoms with van der Waals surface area (Å²) in [5.41, 5.74) is -0.537. The van der Waals surface area contributed by atoms with Crippen molar-refractivity contribution in [2.45, 2.75) is 38.8 Å². The van der Waals surface area contributed by atoms with Crippen molar-refractivity contribution in [1.29, 1.82) is 0 Å². The maximum Gasteiger partial charge on any atom is 0.407 e. The van der Waals surface area contributed by atoms with Gasteiger partial charge in [0.2, 0.25) is 0 Å². The molecule has 1 rings (SSSR count). The zero-order valence-corrected chi connectivity index (χ0v) is 10.3. The Labute approximate surface area is 99.4 Å². The van der Waals surface area contributed by atoms with Gasteiger partial charge in [0.15, 0.2) is 6.07 Å². The molecule has 1 aliphatic rings.